The molecule has 2 amide bonds. The first-order chi connectivity index (χ1) is 17.2. The van der Waals surface area contributed by atoms with Crippen molar-refractivity contribution in [2.24, 2.45) is 0 Å². The number of nitrogens with zero attached hydrogens (tertiary/aromatic N) is 1. The standard InChI is InChI=1S/C28H30N2O5S/c1-4-35-15-7-14-29-27(31)21-12-13-26-24(17-21)30(18-22-16-19(2)10-11-20(22)3)28(32)23-8-5-6-9-25(23)36(26,33)34/h5-6,8-13,16-17H,4,7,14-15,18H2,1-3H3,(H,29,31). The van der Waals surface area contributed by atoms with Crippen LogP contribution >= 0.6 is 0 Å². The molecular formula is C28H30N2O5S. The fourth-order valence-corrected chi connectivity index (χ4v) is 5.90. The second-order valence-corrected chi connectivity index (χ2v) is 10.7. The Bertz CT molecular complexity index is 1420. The van der Waals surface area contributed by atoms with Crippen LogP contribution in [0.3, 0.4) is 0 Å². The summed E-state index contributed by atoms with van der Waals surface area (Å²) in [6, 6.07) is 16.6. The summed E-state index contributed by atoms with van der Waals surface area (Å²) >= 11 is 0. The van der Waals surface area contributed by atoms with Gasteiger partial charge in [0.15, 0.2) is 0 Å². The van der Waals surface area contributed by atoms with Crippen LogP contribution < -0.4 is 10.2 Å². The molecule has 188 valence electrons. The molecule has 0 atom stereocenters. The van der Waals surface area contributed by atoms with Crippen molar-refractivity contribution >= 4 is 27.3 Å². The number of sulfone groups is 1. The minimum Gasteiger partial charge on any atom is -0.382 e. The van der Waals surface area contributed by atoms with E-state index in [1.807, 2.05) is 39.0 Å². The lowest BCUT2D eigenvalue weighted by Gasteiger charge is -2.24. The molecule has 0 aliphatic carbocycles. The second-order valence-electron chi connectivity index (χ2n) is 8.81. The molecule has 4 rings (SSSR count). The van der Waals surface area contributed by atoms with E-state index in [2.05, 4.69) is 5.32 Å². The van der Waals surface area contributed by atoms with Crippen LogP contribution in [0.4, 0.5) is 5.69 Å². The highest BCUT2D eigenvalue weighted by atomic mass is 32.2. The quantitative estimate of drug-likeness (QED) is 0.456. The number of ether oxygens (including phenoxy) is 1. The third-order valence-electron chi connectivity index (χ3n) is 6.24. The summed E-state index contributed by atoms with van der Waals surface area (Å²) in [5.74, 6) is -0.768. The van der Waals surface area contributed by atoms with Gasteiger partial charge in [0.05, 0.1) is 27.6 Å². The lowest BCUT2D eigenvalue weighted by Crippen LogP contribution is -2.31. The van der Waals surface area contributed by atoms with E-state index in [1.165, 1.54) is 35.2 Å². The molecule has 3 aromatic rings. The monoisotopic (exact) mass is 506 g/mol. The van der Waals surface area contributed by atoms with Gasteiger partial charge in [0.25, 0.3) is 11.8 Å². The molecule has 0 fully saturated rings. The van der Waals surface area contributed by atoms with Crippen molar-refractivity contribution in [2.45, 2.75) is 43.5 Å². The van der Waals surface area contributed by atoms with Crippen LogP contribution in [0, 0.1) is 13.8 Å². The van der Waals surface area contributed by atoms with E-state index in [9.17, 15) is 18.0 Å². The summed E-state index contributed by atoms with van der Waals surface area (Å²) in [7, 11) is -3.99. The van der Waals surface area contributed by atoms with Gasteiger partial charge in [-0.15, -0.1) is 0 Å². The highest BCUT2D eigenvalue weighted by Gasteiger charge is 2.36. The molecule has 3 aromatic carbocycles. The maximum atomic E-state index is 13.8. The number of anilines is 1. The minimum atomic E-state index is -3.99. The summed E-state index contributed by atoms with van der Waals surface area (Å²) in [4.78, 5) is 28.1. The zero-order chi connectivity index (χ0) is 25.9. The smallest absolute Gasteiger partial charge is 0.259 e. The lowest BCUT2D eigenvalue weighted by atomic mass is 10.0. The summed E-state index contributed by atoms with van der Waals surface area (Å²) in [5.41, 5.74) is 3.51. The fraction of sp³-hybridized carbons (Fsp3) is 0.286. The Hall–Kier alpha value is -3.49. The van der Waals surface area contributed by atoms with Crippen LogP contribution in [0.25, 0.3) is 0 Å². The van der Waals surface area contributed by atoms with E-state index in [0.29, 0.717) is 26.2 Å². The molecule has 0 radical (unpaired) electrons. The molecule has 8 heteroatoms. The molecule has 7 nitrogen and oxygen atoms in total. The number of hydrogen-bond acceptors (Lipinski definition) is 5. The molecule has 0 saturated heterocycles. The van der Waals surface area contributed by atoms with Gasteiger partial charge in [-0.2, -0.15) is 0 Å². The summed E-state index contributed by atoms with van der Waals surface area (Å²) in [6.45, 7) is 7.57. The van der Waals surface area contributed by atoms with Gasteiger partial charge in [0, 0.05) is 25.3 Å². The zero-order valence-electron chi connectivity index (χ0n) is 20.7. The molecule has 0 spiro atoms. The number of aryl methyl sites for hydroxylation is 2. The molecule has 0 saturated carbocycles. The Balaban J connectivity index is 1.79. The van der Waals surface area contributed by atoms with E-state index in [1.54, 1.807) is 12.1 Å². The van der Waals surface area contributed by atoms with Crippen LogP contribution in [-0.2, 0) is 21.1 Å². The highest BCUT2D eigenvalue weighted by molar-refractivity contribution is 7.91. The van der Waals surface area contributed by atoms with Gasteiger partial charge in [-0.3, -0.25) is 9.59 Å². The van der Waals surface area contributed by atoms with E-state index in [0.717, 1.165) is 16.7 Å². The number of benzene rings is 3. The van der Waals surface area contributed by atoms with Crippen molar-refractivity contribution < 1.29 is 22.7 Å². The highest BCUT2D eigenvalue weighted by Crippen LogP contribution is 2.38. The molecule has 36 heavy (non-hydrogen) atoms. The SMILES string of the molecule is CCOCCCNC(=O)c1ccc2c(c1)N(Cc1cc(C)ccc1C)C(=O)c1ccccc1S2(=O)=O. The summed E-state index contributed by atoms with van der Waals surface area (Å²) < 4.78 is 32.6. The molecule has 0 aromatic heterocycles. The second kappa shape index (κ2) is 10.6. The van der Waals surface area contributed by atoms with Gasteiger partial charge in [-0.1, -0.05) is 35.9 Å². The first kappa shape index (κ1) is 25.6. The first-order valence-corrected chi connectivity index (χ1v) is 13.4. The Morgan fingerprint density at radius 2 is 1.78 bits per heavy atom. The third-order valence-corrected chi connectivity index (χ3v) is 8.10. The third kappa shape index (κ3) is 5.05. The summed E-state index contributed by atoms with van der Waals surface area (Å²) in [5, 5.41) is 2.84. The van der Waals surface area contributed by atoms with E-state index in [-0.39, 0.29) is 39.1 Å². The van der Waals surface area contributed by atoms with Crippen molar-refractivity contribution in [3.05, 3.63) is 88.5 Å². The lowest BCUT2D eigenvalue weighted by molar-refractivity contribution is 0.0941. The zero-order valence-corrected chi connectivity index (χ0v) is 21.5. The first-order valence-electron chi connectivity index (χ1n) is 12.0. The van der Waals surface area contributed by atoms with Crippen LogP contribution in [0.1, 0.15) is 50.8 Å². The maximum absolute atomic E-state index is 13.8. The van der Waals surface area contributed by atoms with Crippen molar-refractivity contribution in [2.75, 3.05) is 24.7 Å². The van der Waals surface area contributed by atoms with Gasteiger partial charge in [-0.25, -0.2) is 8.42 Å². The Labute approximate surface area is 212 Å². The fourth-order valence-electron chi connectivity index (χ4n) is 4.27. The van der Waals surface area contributed by atoms with Gasteiger partial charge < -0.3 is 15.0 Å². The van der Waals surface area contributed by atoms with Crippen LogP contribution in [0.15, 0.2) is 70.5 Å². The van der Waals surface area contributed by atoms with Crippen molar-refractivity contribution in [3.8, 4) is 0 Å². The van der Waals surface area contributed by atoms with Gasteiger partial charge in [-0.05, 0) is 68.7 Å². The molecule has 0 unspecified atom stereocenters. The number of amides is 2. The molecule has 1 N–H and O–H groups in total. The number of fused-ring (bicyclic) bond motifs is 2. The van der Waals surface area contributed by atoms with Gasteiger partial charge in [0.1, 0.15) is 0 Å². The Morgan fingerprint density at radius 1 is 1.00 bits per heavy atom. The average Bonchev–Trinajstić information content (AvgIpc) is 2.94. The van der Waals surface area contributed by atoms with Gasteiger partial charge >= 0.3 is 0 Å². The molecule has 0 bridgehead atoms. The van der Waals surface area contributed by atoms with E-state index < -0.39 is 15.7 Å². The van der Waals surface area contributed by atoms with Crippen molar-refractivity contribution in [1.82, 2.24) is 5.32 Å². The Kier molecular flexibility index (Phi) is 7.56. The van der Waals surface area contributed by atoms with Crippen LogP contribution in [-0.4, -0.2) is 40.0 Å². The number of carbonyl (C=O) groups excluding carboxylic acids is 2. The minimum absolute atomic E-state index is 0.000924. The largest absolute Gasteiger partial charge is 0.382 e. The number of carbonyl (C=O) groups is 2. The molecule has 1 heterocycles. The van der Waals surface area contributed by atoms with Crippen LogP contribution in [0.5, 0.6) is 0 Å². The summed E-state index contributed by atoms with van der Waals surface area (Å²) in [6.07, 6.45) is 0.658. The topological polar surface area (TPSA) is 92.8 Å². The molecule has 1 aliphatic heterocycles. The van der Waals surface area contributed by atoms with Crippen LogP contribution in [0.2, 0.25) is 0 Å². The average molecular weight is 507 g/mol. The van der Waals surface area contributed by atoms with Crippen molar-refractivity contribution in [1.29, 1.82) is 0 Å². The maximum Gasteiger partial charge on any atom is 0.259 e. The normalized spacial score (nSPS) is 14.1. The number of nitrogens with one attached hydrogen (secondary N) is 1. The van der Waals surface area contributed by atoms with Gasteiger partial charge in [0.2, 0.25) is 9.84 Å². The van der Waals surface area contributed by atoms with E-state index >= 15 is 0 Å². The molecular weight excluding hydrogens is 476 g/mol. The number of rotatable bonds is 8. The predicted molar refractivity (Wildman–Crippen MR) is 138 cm³/mol. The van der Waals surface area contributed by atoms with E-state index in [4.69, 9.17) is 4.74 Å². The van der Waals surface area contributed by atoms with Crippen molar-refractivity contribution in [3.63, 3.8) is 0 Å². The predicted octanol–water partition coefficient (Wildman–Crippen LogP) is 4.45. The Morgan fingerprint density at radius 3 is 2.56 bits per heavy atom. The number of hydrogen-bond donors (Lipinski definition) is 1. The molecule has 1 aliphatic rings.